The summed E-state index contributed by atoms with van der Waals surface area (Å²) in [7, 11) is 0. The van der Waals surface area contributed by atoms with E-state index in [1.807, 2.05) is 20.8 Å². The van der Waals surface area contributed by atoms with Crippen molar-refractivity contribution in [3.63, 3.8) is 0 Å². The fraction of sp³-hybridized carbons (Fsp3) is 0.583. The fourth-order valence-electron chi connectivity index (χ4n) is 1.47. The van der Waals surface area contributed by atoms with Crippen molar-refractivity contribution in [1.82, 2.24) is 15.3 Å². The summed E-state index contributed by atoms with van der Waals surface area (Å²) in [4.78, 5) is 20.1. The van der Waals surface area contributed by atoms with E-state index in [9.17, 15) is 4.79 Å². The Morgan fingerprint density at radius 1 is 1.44 bits per heavy atom. The van der Waals surface area contributed by atoms with Crippen LogP contribution in [0.1, 0.15) is 44.0 Å². The van der Waals surface area contributed by atoms with E-state index in [4.69, 9.17) is 11.6 Å². The summed E-state index contributed by atoms with van der Waals surface area (Å²) in [5.74, 6) is 0.321. The van der Waals surface area contributed by atoms with Crippen molar-refractivity contribution in [3.8, 4) is 0 Å². The van der Waals surface area contributed by atoms with Crippen LogP contribution in [0.5, 0.6) is 0 Å². The Balaban J connectivity index is 2.22. The zero-order chi connectivity index (χ0) is 13.3. The molecule has 1 amide bonds. The molecule has 2 rings (SSSR count). The summed E-state index contributed by atoms with van der Waals surface area (Å²) >= 11 is 5.76. The van der Waals surface area contributed by atoms with E-state index >= 15 is 0 Å². The van der Waals surface area contributed by atoms with Crippen LogP contribution in [0, 0.1) is 0 Å². The number of amides is 1. The third-order valence-corrected chi connectivity index (χ3v) is 2.59. The van der Waals surface area contributed by atoms with Crippen molar-refractivity contribution in [2.24, 2.45) is 0 Å². The highest BCUT2D eigenvalue weighted by Gasteiger charge is 2.25. The quantitative estimate of drug-likeness (QED) is 0.825. The number of carbonyl (C=O) groups excluding carboxylic acids is 1. The molecule has 0 saturated heterocycles. The van der Waals surface area contributed by atoms with Crippen molar-refractivity contribution < 1.29 is 4.79 Å². The summed E-state index contributed by atoms with van der Waals surface area (Å²) in [6, 6.07) is 0.400. The maximum absolute atomic E-state index is 12.1. The molecule has 6 heteroatoms. The van der Waals surface area contributed by atoms with E-state index in [0.717, 1.165) is 12.8 Å². The molecule has 2 N–H and O–H groups in total. The summed E-state index contributed by atoms with van der Waals surface area (Å²) in [6.07, 6.45) is 3.66. The lowest BCUT2D eigenvalue weighted by Gasteiger charge is -2.21. The first kappa shape index (κ1) is 13.1. The van der Waals surface area contributed by atoms with E-state index < -0.39 is 0 Å². The highest BCUT2D eigenvalue weighted by atomic mass is 35.5. The average molecular weight is 269 g/mol. The van der Waals surface area contributed by atoms with Crippen molar-refractivity contribution in [1.29, 1.82) is 0 Å². The monoisotopic (exact) mass is 268 g/mol. The van der Waals surface area contributed by atoms with Crippen molar-refractivity contribution in [2.45, 2.75) is 45.2 Å². The number of halogens is 1. The zero-order valence-corrected chi connectivity index (χ0v) is 11.5. The minimum absolute atomic E-state index is 0.144. The minimum atomic E-state index is -0.298. The molecule has 0 radical (unpaired) electrons. The molecule has 0 aliphatic heterocycles. The molecule has 1 aromatic heterocycles. The fourth-order valence-corrected chi connectivity index (χ4v) is 1.60. The Morgan fingerprint density at radius 2 is 2.11 bits per heavy atom. The predicted octanol–water partition coefficient (Wildman–Crippen LogP) is 2.23. The Labute approximate surface area is 111 Å². The molecule has 1 heterocycles. The number of anilines is 1. The molecule has 0 aromatic carbocycles. The Morgan fingerprint density at radius 3 is 2.67 bits per heavy atom. The molecule has 0 bridgehead atoms. The van der Waals surface area contributed by atoms with Gasteiger partial charge in [-0.05, 0) is 45.2 Å². The van der Waals surface area contributed by atoms with Gasteiger partial charge in [0.05, 0.1) is 0 Å². The third kappa shape index (κ3) is 3.57. The van der Waals surface area contributed by atoms with Gasteiger partial charge >= 0.3 is 0 Å². The second kappa shape index (κ2) is 4.72. The molecule has 0 spiro atoms. The van der Waals surface area contributed by atoms with Crippen LogP contribution in [0.4, 0.5) is 5.82 Å². The SMILES string of the molecule is CC(C)(C)NC(=O)c1cnc(Cl)nc1NC1CC1. The number of nitrogens with zero attached hydrogens (tertiary/aromatic N) is 2. The molecule has 0 unspecified atom stereocenters. The highest BCUT2D eigenvalue weighted by Crippen LogP contribution is 2.26. The van der Waals surface area contributed by atoms with Crippen LogP contribution in [0.3, 0.4) is 0 Å². The van der Waals surface area contributed by atoms with Gasteiger partial charge in [0, 0.05) is 17.8 Å². The topological polar surface area (TPSA) is 66.9 Å². The first-order valence-electron chi connectivity index (χ1n) is 5.97. The van der Waals surface area contributed by atoms with Gasteiger partial charge < -0.3 is 10.6 Å². The van der Waals surface area contributed by atoms with E-state index in [-0.39, 0.29) is 16.7 Å². The molecule has 1 aliphatic carbocycles. The summed E-state index contributed by atoms with van der Waals surface area (Å²) in [5.41, 5.74) is 0.134. The van der Waals surface area contributed by atoms with Gasteiger partial charge in [-0.3, -0.25) is 4.79 Å². The molecular formula is C12H17ClN4O. The van der Waals surface area contributed by atoms with Crippen LogP contribution in [0.15, 0.2) is 6.20 Å². The Kier molecular flexibility index (Phi) is 3.43. The Bertz CT molecular complexity index is 466. The lowest BCUT2D eigenvalue weighted by Crippen LogP contribution is -2.41. The summed E-state index contributed by atoms with van der Waals surface area (Å²) < 4.78 is 0. The number of carbonyl (C=O) groups is 1. The van der Waals surface area contributed by atoms with Gasteiger partial charge in [-0.2, -0.15) is 4.98 Å². The zero-order valence-electron chi connectivity index (χ0n) is 10.7. The first-order chi connectivity index (χ1) is 8.35. The van der Waals surface area contributed by atoms with E-state index in [0.29, 0.717) is 17.4 Å². The normalized spacial score (nSPS) is 15.3. The van der Waals surface area contributed by atoms with Crippen molar-refractivity contribution in [2.75, 3.05) is 5.32 Å². The maximum atomic E-state index is 12.1. The molecule has 0 atom stereocenters. The lowest BCUT2D eigenvalue weighted by molar-refractivity contribution is 0.0919. The summed E-state index contributed by atoms with van der Waals surface area (Å²) in [5, 5.41) is 6.23. The largest absolute Gasteiger partial charge is 0.367 e. The molecule has 1 saturated carbocycles. The van der Waals surface area contributed by atoms with Gasteiger partial charge in [-0.25, -0.2) is 4.98 Å². The maximum Gasteiger partial charge on any atom is 0.257 e. The smallest absolute Gasteiger partial charge is 0.257 e. The molecule has 98 valence electrons. The standard InChI is InChI=1S/C12H17ClN4O/c1-12(2,3)17-10(18)8-6-14-11(13)16-9(8)15-7-4-5-7/h6-7H,4-5H2,1-3H3,(H,17,18)(H,14,15,16). The van der Waals surface area contributed by atoms with Gasteiger partial charge in [0.15, 0.2) is 0 Å². The van der Waals surface area contributed by atoms with E-state index in [1.165, 1.54) is 6.20 Å². The van der Waals surface area contributed by atoms with Crippen LogP contribution < -0.4 is 10.6 Å². The van der Waals surface area contributed by atoms with Crippen LogP contribution >= 0.6 is 11.6 Å². The van der Waals surface area contributed by atoms with E-state index in [1.54, 1.807) is 0 Å². The molecule has 1 aliphatic rings. The molecule has 5 nitrogen and oxygen atoms in total. The molecule has 1 aromatic rings. The molecular weight excluding hydrogens is 252 g/mol. The van der Waals surface area contributed by atoms with Gasteiger partial charge in [-0.15, -0.1) is 0 Å². The number of aromatic nitrogens is 2. The third-order valence-electron chi connectivity index (χ3n) is 2.41. The van der Waals surface area contributed by atoms with Gasteiger partial charge in [0.2, 0.25) is 5.28 Å². The second-order valence-electron chi connectivity index (χ2n) is 5.52. The van der Waals surface area contributed by atoms with Crippen molar-refractivity contribution >= 4 is 23.3 Å². The van der Waals surface area contributed by atoms with Crippen LogP contribution in [-0.4, -0.2) is 27.5 Å². The highest BCUT2D eigenvalue weighted by molar-refractivity contribution is 6.28. The number of hydrogen-bond acceptors (Lipinski definition) is 4. The van der Waals surface area contributed by atoms with Gasteiger partial charge in [-0.1, -0.05) is 0 Å². The lowest BCUT2D eigenvalue weighted by atomic mass is 10.1. The second-order valence-corrected chi connectivity index (χ2v) is 5.86. The first-order valence-corrected chi connectivity index (χ1v) is 6.34. The molecule has 18 heavy (non-hydrogen) atoms. The number of rotatable bonds is 3. The van der Waals surface area contributed by atoms with Gasteiger partial charge in [0.25, 0.3) is 5.91 Å². The van der Waals surface area contributed by atoms with Crippen molar-refractivity contribution in [3.05, 3.63) is 17.0 Å². The Hall–Kier alpha value is -1.36. The van der Waals surface area contributed by atoms with Crippen LogP contribution in [0.2, 0.25) is 5.28 Å². The predicted molar refractivity (Wildman–Crippen MR) is 70.9 cm³/mol. The van der Waals surface area contributed by atoms with Gasteiger partial charge in [0.1, 0.15) is 11.4 Å². The van der Waals surface area contributed by atoms with Crippen LogP contribution in [-0.2, 0) is 0 Å². The summed E-state index contributed by atoms with van der Waals surface area (Å²) in [6.45, 7) is 5.78. The molecule has 1 fully saturated rings. The van der Waals surface area contributed by atoms with Crippen LogP contribution in [0.25, 0.3) is 0 Å². The number of hydrogen-bond donors (Lipinski definition) is 2. The number of nitrogens with one attached hydrogen (secondary N) is 2. The van der Waals surface area contributed by atoms with E-state index in [2.05, 4.69) is 20.6 Å². The minimum Gasteiger partial charge on any atom is -0.367 e. The average Bonchev–Trinajstić information content (AvgIpc) is 2.98.